The molecule has 0 unspecified atom stereocenters. The van der Waals surface area contributed by atoms with Crippen LogP contribution in [0.5, 0.6) is 0 Å². The van der Waals surface area contributed by atoms with Gasteiger partial charge in [0, 0.05) is 66.7 Å². The zero-order valence-electron chi connectivity index (χ0n) is 32.3. The minimum atomic E-state index is -2.76. The molecule has 1 aromatic heterocycles. The minimum absolute atomic E-state index is 0.0748. The Balaban J connectivity index is 1.09. The van der Waals surface area contributed by atoms with Crippen LogP contribution < -0.4 is 10.6 Å². The second-order valence-corrected chi connectivity index (χ2v) is 17.2. The first-order valence-corrected chi connectivity index (χ1v) is 19.4. The van der Waals surface area contributed by atoms with Crippen molar-refractivity contribution in [2.75, 3.05) is 13.3 Å². The van der Waals surface area contributed by atoms with Crippen molar-refractivity contribution in [3.05, 3.63) is 72.3 Å². The number of H-pyrrole nitrogens is 1. The van der Waals surface area contributed by atoms with E-state index >= 15 is 0 Å². The predicted molar refractivity (Wildman–Crippen MR) is 206 cm³/mol. The molecule has 0 radical (unpaired) electrons. The molecule has 3 aliphatic rings. The summed E-state index contributed by atoms with van der Waals surface area (Å²) in [6.45, 7) is 5.36. The number of carbonyl (C=O) groups is 2. The highest BCUT2D eigenvalue weighted by molar-refractivity contribution is 6.03. The van der Waals surface area contributed by atoms with Crippen molar-refractivity contribution >= 4 is 23.1 Å². The lowest BCUT2D eigenvalue weighted by Gasteiger charge is -2.35. The van der Waals surface area contributed by atoms with Gasteiger partial charge in [0.1, 0.15) is 5.82 Å². The van der Waals surface area contributed by atoms with Crippen LogP contribution in [-0.4, -0.2) is 58.7 Å². The van der Waals surface area contributed by atoms with Gasteiger partial charge >= 0.3 is 0 Å². The lowest BCUT2D eigenvalue weighted by Crippen LogP contribution is -2.53. The first-order valence-electron chi connectivity index (χ1n) is 19.4. The van der Waals surface area contributed by atoms with E-state index in [1.807, 2.05) is 48.5 Å². The lowest BCUT2D eigenvalue weighted by atomic mass is 9.80. The quantitative estimate of drug-likeness (QED) is 0.151. The van der Waals surface area contributed by atoms with E-state index in [1.54, 1.807) is 40.1 Å². The number of aromatic nitrogens is 2. The molecular weight excluding hydrogens is 732 g/mol. The van der Waals surface area contributed by atoms with Crippen LogP contribution in [0, 0.1) is 22.7 Å². The van der Waals surface area contributed by atoms with Crippen molar-refractivity contribution in [3.63, 3.8) is 0 Å². The largest absolute Gasteiger partial charge is 0.347 e. The summed E-state index contributed by atoms with van der Waals surface area (Å²) >= 11 is 0. The number of halogens is 6. The molecule has 3 aromatic rings. The van der Waals surface area contributed by atoms with E-state index in [4.69, 9.17) is 0 Å². The van der Waals surface area contributed by atoms with E-state index in [1.165, 1.54) is 0 Å². The number of allylic oxidation sites excluding steroid dienone is 1. The molecule has 2 aliphatic carbocycles. The summed E-state index contributed by atoms with van der Waals surface area (Å²) < 4.78 is 83.3. The summed E-state index contributed by atoms with van der Waals surface area (Å²) in [4.78, 5) is 38.6. The number of imidazole rings is 1. The van der Waals surface area contributed by atoms with Crippen LogP contribution in [0.2, 0.25) is 0 Å². The summed E-state index contributed by atoms with van der Waals surface area (Å²) in [6.07, 6.45) is 2.74. The molecule has 6 rings (SSSR count). The van der Waals surface area contributed by atoms with Gasteiger partial charge in [0.25, 0.3) is 0 Å². The fourth-order valence-corrected chi connectivity index (χ4v) is 7.79. The standard InChI is InChI=1S/C43H51F6N5O2/c1-40(2,24-44)35(53-38(55)30-13-17-42(46,47)18-14-30)33-21-32(22-50-33)28-7-5-26(6-8-28)27-9-11-29(12-10-27)34-23-51-37(52-34)36(41(3,4)25-45)54-39(56)31-15-19-43(48,49)20-16-31/h5-12,22-23,30-31,35-36H,13-21,24-25H2,1-4H3,(H,51,52)(H,53,55)(H,54,56)/t35-,36-/m1/s1. The van der Waals surface area contributed by atoms with Crippen LogP contribution in [0.3, 0.4) is 0 Å². The van der Waals surface area contributed by atoms with Gasteiger partial charge in [0.2, 0.25) is 23.7 Å². The van der Waals surface area contributed by atoms with Crippen molar-refractivity contribution in [2.45, 2.75) is 109 Å². The highest BCUT2D eigenvalue weighted by Crippen LogP contribution is 2.40. The van der Waals surface area contributed by atoms with Gasteiger partial charge in [-0.15, -0.1) is 0 Å². The van der Waals surface area contributed by atoms with Crippen LogP contribution in [0.25, 0.3) is 28.0 Å². The van der Waals surface area contributed by atoms with Crippen LogP contribution >= 0.6 is 0 Å². The molecule has 1 aliphatic heterocycles. The van der Waals surface area contributed by atoms with E-state index in [0.29, 0.717) is 23.7 Å². The third-order valence-corrected chi connectivity index (χ3v) is 11.7. The van der Waals surface area contributed by atoms with Crippen LogP contribution in [0.4, 0.5) is 26.3 Å². The number of benzene rings is 2. The second kappa shape index (κ2) is 16.2. The fourth-order valence-electron chi connectivity index (χ4n) is 7.79. The van der Waals surface area contributed by atoms with Crippen molar-refractivity contribution in [2.24, 2.45) is 27.7 Å². The number of alkyl halides is 6. The Morgan fingerprint density at radius 3 is 1.62 bits per heavy atom. The average Bonchev–Trinajstić information content (AvgIpc) is 3.87. The number of hydrogen-bond acceptors (Lipinski definition) is 4. The number of nitrogens with one attached hydrogen (secondary N) is 3. The van der Waals surface area contributed by atoms with E-state index in [0.717, 1.165) is 27.8 Å². The van der Waals surface area contributed by atoms with E-state index < -0.39 is 59.9 Å². The van der Waals surface area contributed by atoms with Gasteiger partial charge in [-0.05, 0) is 53.5 Å². The third kappa shape index (κ3) is 9.40. The fraction of sp³-hybridized carbons (Fsp3) is 0.535. The number of aliphatic imine (C=N–C) groups is 1. The monoisotopic (exact) mass is 783 g/mol. The van der Waals surface area contributed by atoms with Gasteiger partial charge in [-0.25, -0.2) is 22.5 Å². The average molecular weight is 784 g/mol. The molecule has 2 fully saturated rings. The summed E-state index contributed by atoms with van der Waals surface area (Å²) in [6, 6.07) is 14.2. The van der Waals surface area contributed by atoms with Crippen LogP contribution in [0.15, 0.2) is 65.9 Å². The maximum atomic E-state index is 14.3. The minimum Gasteiger partial charge on any atom is -0.347 e. The number of aromatic amines is 1. The van der Waals surface area contributed by atoms with Gasteiger partial charge in [0.15, 0.2) is 0 Å². The van der Waals surface area contributed by atoms with Crippen molar-refractivity contribution < 1.29 is 35.9 Å². The Morgan fingerprint density at radius 1 is 0.714 bits per heavy atom. The molecule has 0 spiro atoms. The van der Waals surface area contributed by atoms with E-state index in [-0.39, 0.29) is 63.2 Å². The van der Waals surface area contributed by atoms with Crippen molar-refractivity contribution in [1.82, 2.24) is 20.6 Å². The predicted octanol–water partition coefficient (Wildman–Crippen LogP) is 10.2. The zero-order chi connectivity index (χ0) is 40.5. The molecule has 0 saturated heterocycles. The molecule has 2 heterocycles. The Morgan fingerprint density at radius 2 is 1.14 bits per heavy atom. The zero-order valence-corrected chi connectivity index (χ0v) is 32.3. The van der Waals surface area contributed by atoms with Crippen molar-refractivity contribution in [3.8, 4) is 22.4 Å². The number of nitrogens with zero attached hydrogens (tertiary/aromatic N) is 2. The first-order chi connectivity index (χ1) is 26.4. The van der Waals surface area contributed by atoms with Crippen LogP contribution in [-0.2, 0) is 9.59 Å². The lowest BCUT2D eigenvalue weighted by molar-refractivity contribution is -0.131. The molecule has 56 heavy (non-hydrogen) atoms. The van der Waals surface area contributed by atoms with Gasteiger partial charge < -0.3 is 15.6 Å². The molecule has 7 nitrogen and oxygen atoms in total. The molecule has 302 valence electrons. The Bertz CT molecular complexity index is 1920. The van der Waals surface area contributed by atoms with Gasteiger partial charge in [0.05, 0.1) is 37.3 Å². The van der Waals surface area contributed by atoms with Crippen molar-refractivity contribution in [1.29, 1.82) is 0 Å². The molecule has 13 heteroatoms. The molecule has 2 saturated carbocycles. The number of hydrogen-bond donors (Lipinski definition) is 3. The number of amides is 2. The maximum absolute atomic E-state index is 14.3. The normalized spacial score (nSPS) is 20.2. The summed E-state index contributed by atoms with van der Waals surface area (Å²) in [7, 11) is 0. The highest BCUT2D eigenvalue weighted by Gasteiger charge is 2.42. The molecule has 0 bridgehead atoms. The third-order valence-electron chi connectivity index (χ3n) is 11.7. The van der Waals surface area contributed by atoms with Crippen LogP contribution in [0.1, 0.15) is 103 Å². The van der Waals surface area contributed by atoms with Gasteiger partial charge in [-0.2, -0.15) is 0 Å². The molecule has 2 aromatic carbocycles. The van der Waals surface area contributed by atoms with E-state index in [2.05, 4.69) is 25.6 Å². The van der Waals surface area contributed by atoms with E-state index in [9.17, 15) is 35.9 Å². The number of carbonyl (C=O) groups excluding carboxylic acids is 2. The maximum Gasteiger partial charge on any atom is 0.248 e. The highest BCUT2D eigenvalue weighted by atomic mass is 19.3. The molecule has 2 atom stereocenters. The molecule has 3 N–H and O–H groups in total. The Kier molecular flexibility index (Phi) is 11.9. The summed E-state index contributed by atoms with van der Waals surface area (Å²) in [5.74, 6) is -6.95. The molecule has 2 amide bonds. The van der Waals surface area contributed by atoms with Gasteiger partial charge in [-0.1, -0.05) is 76.2 Å². The Hall–Kier alpha value is -4.42. The topological polar surface area (TPSA) is 99.2 Å². The molecular formula is C43H51F6N5O2. The second-order valence-electron chi connectivity index (χ2n) is 17.2. The first kappa shape index (κ1) is 41.2. The van der Waals surface area contributed by atoms with Gasteiger partial charge in [-0.3, -0.25) is 23.4 Å². The Labute approximate surface area is 324 Å². The SMILES string of the molecule is CC(C)(CF)[C@H](NC(=O)C1CCC(F)(F)CC1)C1=NC=C(c2ccc(-c3ccc(-c4cnc([C@@H](NC(=O)C5CCC(F)(F)CC5)C(C)(C)CF)[nH]4)cc3)cc2)C1. The smallest absolute Gasteiger partial charge is 0.248 e. The summed E-state index contributed by atoms with van der Waals surface area (Å²) in [5, 5.41) is 5.86. The summed E-state index contributed by atoms with van der Waals surface area (Å²) in [5.41, 5.74) is 3.89. The number of rotatable bonds is 13.